The molecule has 0 amide bonds. The molecule has 5 rings (SSSR count). The van der Waals surface area contributed by atoms with Gasteiger partial charge in [0.2, 0.25) is 0 Å². The zero-order valence-corrected chi connectivity index (χ0v) is 20.9. The number of anilines is 3. The van der Waals surface area contributed by atoms with E-state index in [0.717, 1.165) is 66.3 Å². The maximum absolute atomic E-state index is 6.48. The number of benzene rings is 2. The summed E-state index contributed by atoms with van der Waals surface area (Å²) in [5.74, 6) is 0.754. The fourth-order valence-electron chi connectivity index (χ4n) is 4.68. The first-order valence-electron chi connectivity index (χ1n) is 11.9. The Balaban J connectivity index is 1.40. The maximum atomic E-state index is 6.48. The van der Waals surface area contributed by atoms with Gasteiger partial charge in [-0.1, -0.05) is 23.7 Å². The number of piperazine rings is 1. The van der Waals surface area contributed by atoms with E-state index < -0.39 is 0 Å². The van der Waals surface area contributed by atoms with Gasteiger partial charge in [-0.05, 0) is 70.4 Å². The van der Waals surface area contributed by atoms with Crippen molar-refractivity contribution < 1.29 is 0 Å². The molecule has 0 atom stereocenters. The molecule has 1 saturated heterocycles. The number of nitrogens with one attached hydrogen (secondary N) is 1. The quantitative estimate of drug-likeness (QED) is 0.417. The van der Waals surface area contributed by atoms with Gasteiger partial charge in [0, 0.05) is 31.9 Å². The van der Waals surface area contributed by atoms with Crippen LogP contribution in [0.1, 0.15) is 12.0 Å². The number of imidazole rings is 1. The number of para-hydroxylation sites is 1. The number of hydrogen-bond acceptors (Lipinski definition) is 6. The molecule has 2 aromatic carbocycles. The summed E-state index contributed by atoms with van der Waals surface area (Å²) in [6.07, 6.45) is 4.90. The van der Waals surface area contributed by atoms with Gasteiger partial charge in [-0.15, -0.1) is 0 Å². The van der Waals surface area contributed by atoms with E-state index in [9.17, 15) is 0 Å². The fraction of sp³-hybridized carbons (Fsp3) is 0.385. The average molecular weight is 478 g/mol. The van der Waals surface area contributed by atoms with Crippen molar-refractivity contribution in [3.05, 3.63) is 59.5 Å². The van der Waals surface area contributed by atoms with Gasteiger partial charge in [-0.25, -0.2) is 9.97 Å². The topological polar surface area (TPSA) is 51.9 Å². The molecular formula is C26H32ClN7. The lowest BCUT2D eigenvalue weighted by atomic mass is 10.2. The van der Waals surface area contributed by atoms with Crippen molar-refractivity contribution >= 4 is 45.3 Å². The molecule has 0 spiro atoms. The Labute approximate surface area is 206 Å². The minimum Gasteiger partial charge on any atom is -0.369 e. The van der Waals surface area contributed by atoms with E-state index in [1.54, 1.807) is 0 Å². The Hall–Kier alpha value is -2.87. The van der Waals surface area contributed by atoms with Crippen LogP contribution >= 0.6 is 11.6 Å². The van der Waals surface area contributed by atoms with E-state index in [2.05, 4.69) is 61.7 Å². The summed E-state index contributed by atoms with van der Waals surface area (Å²) in [6.45, 7) is 8.61. The molecule has 2 aromatic heterocycles. The third-order valence-electron chi connectivity index (χ3n) is 6.61. The number of rotatable bonds is 7. The predicted molar refractivity (Wildman–Crippen MR) is 142 cm³/mol. The standard InChI is InChI=1S/C26H32ClN7/c1-19-6-4-7-21(27)25(19)30-26-24-17-28-18-34(24)23-9-8-20(16-22(23)29-26)33-14-12-32(13-15-33)11-5-10-31(2)3/h4,6-9,16-18H,5,10-15H2,1-3H3,(H,29,30). The van der Waals surface area contributed by atoms with Crippen molar-refractivity contribution in [3.63, 3.8) is 0 Å². The second-order valence-corrected chi connectivity index (χ2v) is 9.73. The van der Waals surface area contributed by atoms with E-state index in [1.165, 1.54) is 18.7 Å². The largest absolute Gasteiger partial charge is 0.369 e. The normalized spacial score (nSPS) is 15.0. The van der Waals surface area contributed by atoms with E-state index in [4.69, 9.17) is 16.6 Å². The van der Waals surface area contributed by atoms with Gasteiger partial charge in [0.05, 0.1) is 34.3 Å². The number of fused-ring (bicyclic) bond motifs is 3. The van der Waals surface area contributed by atoms with Crippen molar-refractivity contribution in [2.24, 2.45) is 0 Å². The Morgan fingerprint density at radius 3 is 2.65 bits per heavy atom. The molecule has 7 nitrogen and oxygen atoms in total. The van der Waals surface area contributed by atoms with Crippen LogP contribution in [0.15, 0.2) is 48.9 Å². The highest BCUT2D eigenvalue weighted by Gasteiger charge is 2.18. The summed E-state index contributed by atoms with van der Waals surface area (Å²) in [5.41, 5.74) is 6.06. The summed E-state index contributed by atoms with van der Waals surface area (Å²) < 4.78 is 2.09. The van der Waals surface area contributed by atoms with Crippen LogP contribution in [0.3, 0.4) is 0 Å². The van der Waals surface area contributed by atoms with Crippen LogP contribution in [0.5, 0.6) is 0 Å². The number of aromatic nitrogens is 3. The van der Waals surface area contributed by atoms with Gasteiger partial charge >= 0.3 is 0 Å². The van der Waals surface area contributed by atoms with Gasteiger partial charge < -0.3 is 15.1 Å². The molecule has 8 heteroatoms. The van der Waals surface area contributed by atoms with Crippen LogP contribution in [0.2, 0.25) is 5.02 Å². The second-order valence-electron chi connectivity index (χ2n) is 9.32. The fourth-order valence-corrected chi connectivity index (χ4v) is 4.95. The maximum Gasteiger partial charge on any atom is 0.157 e. The highest BCUT2D eigenvalue weighted by molar-refractivity contribution is 6.33. The number of aryl methyl sites for hydroxylation is 1. The third-order valence-corrected chi connectivity index (χ3v) is 6.93. The monoisotopic (exact) mass is 477 g/mol. The number of halogens is 1. The molecule has 0 unspecified atom stereocenters. The molecule has 1 aliphatic rings. The molecule has 34 heavy (non-hydrogen) atoms. The minimum absolute atomic E-state index is 0.678. The second kappa shape index (κ2) is 9.78. The summed E-state index contributed by atoms with van der Waals surface area (Å²) in [5, 5.41) is 4.14. The summed E-state index contributed by atoms with van der Waals surface area (Å²) in [4.78, 5) is 16.7. The van der Waals surface area contributed by atoms with Crippen molar-refractivity contribution in [1.29, 1.82) is 0 Å². The summed E-state index contributed by atoms with van der Waals surface area (Å²) in [6, 6.07) is 12.4. The summed E-state index contributed by atoms with van der Waals surface area (Å²) >= 11 is 6.48. The molecule has 0 radical (unpaired) electrons. The first kappa shape index (κ1) is 22.9. The zero-order chi connectivity index (χ0) is 23.7. The first-order chi connectivity index (χ1) is 16.5. The average Bonchev–Trinajstić information content (AvgIpc) is 3.32. The van der Waals surface area contributed by atoms with Crippen LogP contribution in [0, 0.1) is 6.92 Å². The Morgan fingerprint density at radius 2 is 1.88 bits per heavy atom. The van der Waals surface area contributed by atoms with E-state index >= 15 is 0 Å². The van der Waals surface area contributed by atoms with Gasteiger partial charge in [-0.3, -0.25) is 9.30 Å². The SMILES string of the molecule is Cc1cccc(Cl)c1Nc1nc2cc(N3CCN(CCCN(C)C)CC3)ccc2n2cncc12. The van der Waals surface area contributed by atoms with Gasteiger partial charge in [0.25, 0.3) is 0 Å². The van der Waals surface area contributed by atoms with Crippen molar-refractivity contribution in [1.82, 2.24) is 24.2 Å². The third kappa shape index (κ3) is 4.69. The molecule has 3 heterocycles. The lowest BCUT2D eigenvalue weighted by molar-refractivity contribution is 0.242. The van der Waals surface area contributed by atoms with Crippen LogP contribution in [-0.4, -0.2) is 77.5 Å². The predicted octanol–water partition coefficient (Wildman–Crippen LogP) is 4.66. The molecule has 4 aromatic rings. The highest BCUT2D eigenvalue weighted by Crippen LogP contribution is 2.32. The lowest BCUT2D eigenvalue weighted by Gasteiger charge is -2.36. The molecule has 1 N–H and O–H groups in total. The van der Waals surface area contributed by atoms with Crippen molar-refractivity contribution in [2.45, 2.75) is 13.3 Å². The molecule has 1 aliphatic heterocycles. The van der Waals surface area contributed by atoms with E-state index in [-0.39, 0.29) is 0 Å². The Morgan fingerprint density at radius 1 is 1.06 bits per heavy atom. The molecule has 0 aliphatic carbocycles. The number of nitrogens with zero attached hydrogens (tertiary/aromatic N) is 6. The molecule has 178 valence electrons. The molecule has 1 fully saturated rings. The van der Waals surface area contributed by atoms with Crippen LogP contribution in [-0.2, 0) is 0 Å². The summed E-state index contributed by atoms with van der Waals surface area (Å²) in [7, 11) is 4.28. The van der Waals surface area contributed by atoms with Crippen LogP contribution < -0.4 is 10.2 Å². The Kier molecular flexibility index (Phi) is 6.59. The number of hydrogen-bond donors (Lipinski definition) is 1. The van der Waals surface area contributed by atoms with Gasteiger partial charge in [0.15, 0.2) is 5.82 Å². The van der Waals surface area contributed by atoms with Crippen LogP contribution in [0.25, 0.3) is 16.6 Å². The smallest absolute Gasteiger partial charge is 0.157 e. The van der Waals surface area contributed by atoms with E-state index in [0.29, 0.717) is 5.02 Å². The van der Waals surface area contributed by atoms with Crippen molar-refractivity contribution in [2.75, 3.05) is 63.6 Å². The van der Waals surface area contributed by atoms with E-state index in [1.807, 2.05) is 37.6 Å². The minimum atomic E-state index is 0.678. The zero-order valence-electron chi connectivity index (χ0n) is 20.1. The van der Waals surface area contributed by atoms with Gasteiger partial charge in [0.1, 0.15) is 5.52 Å². The molecule has 0 saturated carbocycles. The highest BCUT2D eigenvalue weighted by atomic mass is 35.5. The van der Waals surface area contributed by atoms with Gasteiger partial charge in [-0.2, -0.15) is 0 Å². The lowest BCUT2D eigenvalue weighted by Crippen LogP contribution is -2.46. The Bertz CT molecular complexity index is 1270. The first-order valence-corrected chi connectivity index (χ1v) is 12.3. The van der Waals surface area contributed by atoms with Crippen molar-refractivity contribution in [3.8, 4) is 0 Å². The molecular weight excluding hydrogens is 446 g/mol. The van der Waals surface area contributed by atoms with Crippen LogP contribution in [0.4, 0.5) is 17.2 Å². The molecule has 0 bridgehead atoms.